The summed E-state index contributed by atoms with van der Waals surface area (Å²) < 4.78 is 24.6. The Bertz CT molecular complexity index is 1100. The minimum Gasteiger partial charge on any atom is -0.450 e. The first-order chi connectivity index (χ1) is 13.5. The first kappa shape index (κ1) is 18.4. The molecule has 1 amide bonds. The molecule has 0 N–H and O–H groups in total. The second kappa shape index (κ2) is 7.20. The Kier molecular flexibility index (Phi) is 4.73. The number of carbonyl (C=O) groups is 1. The Morgan fingerprint density at radius 2 is 1.89 bits per heavy atom. The monoisotopic (exact) mass is 381 g/mol. The minimum atomic E-state index is -0.566. The van der Waals surface area contributed by atoms with Gasteiger partial charge in [0, 0.05) is 20.3 Å². The molecule has 144 valence electrons. The number of nitrogens with zero attached hydrogens (tertiary/aromatic N) is 1. The molecule has 2 heterocycles. The number of fused-ring (bicyclic) bond motifs is 2. The van der Waals surface area contributed by atoms with Crippen LogP contribution < -0.4 is 5.43 Å². The lowest BCUT2D eigenvalue weighted by atomic mass is 9.97. The van der Waals surface area contributed by atoms with Crippen molar-refractivity contribution in [2.24, 2.45) is 0 Å². The van der Waals surface area contributed by atoms with Crippen LogP contribution in [0.5, 0.6) is 0 Å². The summed E-state index contributed by atoms with van der Waals surface area (Å²) in [5, 5.41) is 0.141. The summed E-state index contributed by atoms with van der Waals surface area (Å²) in [7, 11) is 1.60. The van der Waals surface area contributed by atoms with Gasteiger partial charge in [-0.05, 0) is 37.1 Å². The van der Waals surface area contributed by atoms with Crippen molar-refractivity contribution in [1.82, 2.24) is 4.90 Å². The first-order valence-corrected chi connectivity index (χ1v) is 9.14. The van der Waals surface area contributed by atoms with Crippen LogP contribution in [0.2, 0.25) is 0 Å². The van der Waals surface area contributed by atoms with Gasteiger partial charge >= 0.3 is 0 Å². The molecule has 4 rings (SSSR count). The average Bonchev–Trinajstić information content (AvgIpc) is 2.96. The molecule has 1 atom stereocenters. The van der Waals surface area contributed by atoms with Crippen LogP contribution in [0.15, 0.2) is 51.7 Å². The third-order valence-electron chi connectivity index (χ3n) is 5.07. The molecular weight excluding hydrogens is 361 g/mol. The van der Waals surface area contributed by atoms with Crippen LogP contribution in [0.4, 0.5) is 4.39 Å². The predicted octanol–water partition coefficient (Wildman–Crippen LogP) is 3.82. The van der Waals surface area contributed by atoms with Gasteiger partial charge in [-0.1, -0.05) is 29.8 Å². The Hall–Kier alpha value is -2.99. The maximum atomic E-state index is 13.7. The van der Waals surface area contributed by atoms with E-state index < -0.39 is 11.9 Å². The van der Waals surface area contributed by atoms with Crippen molar-refractivity contribution in [3.63, 3.8) is 0 Å². The van der Waals surface area contributed by atoms with Gasteiger partial charge in [0.05, 0.1) is 17.0 Å². The van der Waals surface area contributed by atoms with Crippen LogP contribution in [-0.2, 0) is 4.74 Å². The van der Waals surface area contributed by atoms with Gasteiger partial charge in [-0.15, -0.1) is 0 Å². The molecule has 6 heteroatoms. The Morgan fingerprint density at radius 3 is 2.61 bits per heavy atom. The molecule has 2 aromatic carbocycles. The van der Waals surface area contributed by atoms with Gasteiger partial charge in [0.25, 0.3) is 5.91 Å². The molecule has 0 saturated heterocycles. The van der Waals surface area contributed by atoms with Crippen molar-refractivity contribution in [3.05, 3.63) is 81.0 Å². The summed E-state index contributed by atoms with van der Waals surface area (Å²) in [5.41, 5.74) is 2.00. The lowest BCUT2D eigenvalue weighted by Crippen LogP contribution is -2.31. The number of rotatable bonds is 5. The van der Waals surface area contributed by atoms with Gasteiger partial charge in [0.15, 0.2) is 5.43 Å². The van der Waals surface area contributed by atoms with Crippen molar-refractivity contribution < 1.29 is 18.3 Å². The Morgan fingerprint density at radius 1 is 1.14 bits per heavy atom. The molecule has 3 aromatic rings. The van der Waals surface area contributed by atoms with Crippen molar-refractivity contribution in [2.45, 2.75) is 19.4 Å². The molecule has 0 radical (unpaired) electrons. The summed E-state index contributed by atoms with van der Waals surface area (Å²) in [6.45, 7) is 2.88. The first-order valence-electron chi connectivity index (χ1n) is 9.14. The van der Waals surface area contributed by atoms with E-state index in [-0.39, 0.29) is 33.6 Å². The lowest BCUT2D eigenvalue weighted by molar-refractivity contribution is 0.0708. The molecule has 5 nitrogen and oxygen atoms in total. The Labute approximate surface area is 161 Å². The van der Waals surface area contributed by atoms with E-state index in [9.17, 15) is 14.0 Å². The second-order valence-corrected chi connectivity index (χ2v) is 6.97. The van der Waals surface area contributed by atoms with Crippen molar-refractivity contribution in [3.8, 4) is 0 Å². The molecular formula is C22H20FNO4. The van der Waals surface area contributed by atoms with Crippen LogP contribution in [0.1, 0.15) is 39.7 Å². The van der Waals surface area contributed by atoms with E-state index in [1.54, 1.807) is 12.0 Å². The lowest BCUT2D eigenvalue weighted by Gasteiger charge is -2.25. The predicted molar refractivity (Wildman–Crippen MR) is 103 cm³/mol. The molecule has 0 bridgehead atoms. The van der Waals surface area contributed by atoms with Gasteiger partial charge in [0.2, 0.25) is 5.76 Å². The smallest absolute Gasteiger partial charge is 0.290 e. The van der Waals surface area contributed by atoms with Crippen molar-refractivity contribution in [1.29, 1.82) is 0 Å². The number of methoxy groups -OCH3 is 1. The quantitative estimate of drug-likeness (QED) is 0.631. The number of benzene rings is 2. The highest BCUT2D eigenvalue weighted by Gasteiger charge is 2.42. The van der Waals surface area contributed by atoms with E-state index in [0.717, 1.165) is 17.2 Å². The maximum absolute atomic E-state index is 13.7. The average molecular weight is 381 g/mol. The zero-order chi connectivity index (χ0) is 19.8. The van der Waals surface area contributed by atoms with Crippen LogP contribution in [0.25, 0.3) is 11.0 Å². The maximum Gasteiger partial charge on any atom is 0.290 e. The number of hydrogen-bond acceptors (Lipinski definition) is 4. The molecule has 1 aliphatic heterocycles. The number of halogens is 1. The number of hydrogen-bond donors (Lipinski definition) is 0. The molecule has 1 aliphatic rings. The molecule has 0 fully saturated rings. The van der Waals surface area contributed by atoms with Crippen LogP contribution in [0.3, 0.4) is 0 Å². The van der Waals surface area contributed by atoms with Crippen molar-refractivity contribution in [2.75, 3.05) is 20.3 Å². The third-order valence-corrected chi connectivity index (χ3v) is 5.07. The zero-order valence-corrected chi connectivity index (χ0v) is 15.7. The van der Waals surface area contributed by atoms with Gasteiger partial charge in [-0.3, -0.25) is 9.59 Å². The summed E-state index contributed by atoms with van der Waals surface area (Å²) in [6, 6.07) is 10.9. The molecule has 0 spiro atoms. The highest BCUT2D eigenvalue weighted by atomic mass is 19.1. The standard InChI is InChI=1S/C22H20FNO4/c1-13-4-6-14(7-5-13)19-18-20(25)16-12-15(23)8-9-17(16)28-21(18)22(26)24(19)10-3-11-27-2/h4-9,12,19H,3,10-11H2,1-2H3. The summed E-state index contributed by atoms with van der Waals surface area (Å²) in [6.07, 6.45) is 0.626. The number of amides is 1. The van der Waals surface area contributed by atoms with Crippen molar-refractivity contribution >= 4 is 16.9 Å². The second-order valence-electron chi connectivity index (χ2n) is 6.97. The molecule has 28 heavy (non-hydrogen) atoms. The van der Waals surface area contributed by atoms with Gasteiger partial charge in [0.1, 0.15) is 11.4 Å². The zero-order valence-electron chi connectivity index (χ0n) is 15.7. The SMILES string of the molecule is COCCCN1C(=O)c2oc3ccc(F)cc3c(=O)c2C1c1ccc(C)cc1. The fourth-order valence-corrected chi connectivity index (χ4v) is 3.70. The number of carbonyl (C=O) groups excluding carboxylic acids is 1. The molecule has 1 aromatic heterocycles. The van der Waals surface area contributed by atoms with E-state index in [4.69, 9.17) is 9.15 Å². The van der Waals surface area contributed by atoms with Crippen LogP contribution >= 0.6 is 0 Å². The van der Waals surface area contributed by atoms with E-state index >= 15 is 0 Å². The topological polar surface area (TPSA) is 59.8 Å². The summed E-state index contributed by atoms with van der Waals surface area (Å²) in [5.74, 6) is -0.819. The summed E-state index contributed by atoms with van der Waals surface area (Å²) in [4.78, 5) is 27.9. The highest BCUT2D eigenvalue weighted by molar-refractivity contribution is 5.99. The fourth-order valence-electron chi connectivity index (χ4n) is 3.70. The molecule has 0 saturated carbocycles. The minimum absolute atomic E-state index is 0.0344. The highest BCUT2D eigenvalue weighted by Crippen LogP contribution is 2.38. The van der Waals surface area contributed by atoms with Crippen LogP contribution in [0, 0.1) is 12.7 Å². The van der Waals surface area contributed by atoms with Gasteiger partial charge < -0.3 is 14.1 Å². The van der Waals surface area contributed by atoms with E-state index in [0.29, 0.717) is 19.6 Å². The molecule has 1 unspecified atom stereocenters. The number of ether oxygens (including phenoxy) is 1. The Balaban J connectivity index is 1.92. The van der Waals surface area contributed by atoms with E-state index in [2.05, 4.69) is 0 Å². The van der Waals surface area contributed by atoms with Gasteiger partial charge in [-0.2, -0.15) is 0 Å². The van der Waals surface area contributed by atoms with E-state index in [1.165, 1.54) is 12.1 Å². The third kappa shape index (κ3) is 2.99. The van der Waals surface area contributed by atoms with Gasteiger partial charge in [-0.25, -0.2) is 4.39 Å². The number of aryl methyl sites for hydroxylation is 1. The fraction of sp³-hybridized carbons (Fsp3) is 0.273. The summed E-state index contributed by atoms with van der Waals surface area (Å²) >= 11 is 0. The van der Waals surface area contributed by atoms with E-state index in [1.807, 2.05) is 31.2 Å². The largest absolute Gasteiger partial charge is 0.450 e. The molecule has 0 aliphatic carbocycles. The van der Waals surface area contributed by atoms with Crippen LogP contribution in [-0.4, -0.2) is 31.1 Å². The normalized spacial score (nSPS) is 16.0.